The Morgan fingerprint density at radius 2 is 1.57 bits per heavy atom. The van der Waals surface area contributed by atoms with Crippen LogP contribution in [-0.2, 0) is 37.3 Å². The lowest BCUT2D eigenvalue weighted by molar-refractivity contribution is -0.114. The number of Topliss-reactive ketones (excluding diaryl/α,β-unsaturated/α-hetero) is 1. The van der Waals surface area contributed by atoms with Crippen LogP contribution in [0.25, 0.3) is 0 Å². The summed E-state index contributed by atoms with van der Waals surface area (Å²) in [4.78, 5) is 23.6. The highest BCUT2D eigenvalue weighted by atomic mass is 32.2. The summed E-state index contributed by atoms with van der Waals surface area (Å²) in [6.07, 6.45) is 1.00. The molecule has 1 aromatic carbocycles. The van der Waals surface area contributed by atoms with E-state index in [4.69, 9.17) is 9.47 Å². The fraction of sp³-hybridized carbons (Fsp3) is 0.467. The van der Waals surface area contributed by atoms with Gasteiger partial charge in [-0.05, 0) is 12.1 Å². The van der Waals surface area contributed by atoms with Crippen molar-refractivity contribution in [1.29, 1.82) is 0 Å². The fourth-order valence-electron chi connectivity index (χ4n) is 2.13. The first-order chi connectivity index (χ1) is 10.7. The zero-order valence-electron chi connectivity index (χ0n) is 13.6. The molecule has 7 nitrogen and oxygen atoms in total. The van der Waals surface area contributed by atoms with Crippen LogP contribution in [0.15, 0.2) is 12.1 Å². The molecule has 0 unspecified atom stereocenters. The first kappa shape index (κ1) is 19.3. The summed E-state index contributed by atoms with van der Waals surface area (Å²) < 4.78 is 32.8. The Balaban J connectivity index is 3.39. The topological polar surface area (TPSA) is 98.8 Å². The first-order valence-electron chi connectivity index (χ1n) is 6.80. The highest BCUT2D eigenvalue weighted by molar-refractivity contribution is 7.91. The summed E-state index contributed by atoms with van der Waals surface area (Å²) in [5, 5.41) is 2.70. The van der Waals surface area contributed by atoms with Gasteiger partial charge in [0.2, 0.25) is 5.91 Å². The van der Waals surface area contributed by atoms with Crippen LogP contribution in [0.1, 0.15) is 28.4 Å². The quantitative estimate of drug-likeness (QED) is 0.711. The third-order valence-electron chi connectivity index (χ3n) is 2.92. The lowest BCUT2D eigenvalue weighted by atomic mass is 10.0. The molecule has 0 aliphatic heterocycles. The van der Waals surface area contributed by atoms with E-state index in [1.54, 1.807) is 0 Å². The van der Waals surface area contributed by atoms with Crippen LogP contribution in [-0.4, -0.2) is 46.3 Å². The third kappa shape index (κ3) is 6.09. The van der Waals surface area contributed by atoms with Crippen LogP contribution in [0, 0.1) is 0 Å². The lowest BCUT2D eigenvalue weighted by Gasteiger charge is -2.16. The molecule has 1 amide bonds. The summed E-state index contributed by atoms with van der Waals surface area (Å²) in [5.74, 6) is -1.36. The Hall–Kier alpha value is -1.77. The van der Waals surface area contributed by atoms with Crippen molar-refractivity contribution in [2.45, 2.75) is 20.1 Å². The average molecular weight is 343 g/mol. The van der Waals surface area contributed by atoms with Crippen molar-refractivity contribution in [3.05, 3.63) is 28.8 Å². The minimum atomic E-state index is -3.43. The molecular weight excluding hydrogens is 322 g/mol. The summed E-state index contributed by atoms with van der Waals surface area (Å²) in [5.41, 5.74) is 1.91. The highest BCUT2D eigenvalue weighted by Gasteiger charge is 2.18. The van der Waals surface area contributed by atoms with Crippen LogP contribution < -0.4 is 5.32 Å². The molecule has 0 radical (unpaired) electrons. The van der Waals surface area contributed by atoms with Gasteiger partial charge in [0.1, 0.15) is 5.75 Å². The molecule has 8 heteroatoms. The molecule has 0 heterocycles. The average Bonchev–Trinajstić information content (AvgIpc) is 2.40. The normalized spacial score (nSPS) is 11.3. The maximum Gasteiger partial charge on any atom is 0.221 e. The van der Waals surface area contributed by atoms with Crippen LogP contribution >= 0.6 is 0 Å². The van der Waals surface area contributed by atoms with E-state index in [9.17, 15) is 18.0 Å². The van der Waals surface area contributed by atoms with Crippen molar-refractivity contribution in [3.8, 4) is 0 Å². The Labute approximate surface area is 135 Å². The van der Waals surface area contributed by atoms with Crippen molar-refractivity contribution in [2.24, 2.45) is 0 Å². The Kier molecular flexibility index (Phi) is 6.86. The molecule has 0 spiro atoms. The van der Waals surface area contributed by atoms with E-state index in [0.29, 0.717) is 16.8 Å². The largest absolute Gasteiger partial charge is 0.380 e. The van der Waals surface area contributed by atoms with Crippen LogP contribution in [0.4, 0.5) is 5.69 Å². The van der Waals surface area contributed by atoms with E-state index in [2.05, 4.69) is 5.32 Å². The van der Waals surface area contributed by atoms with Crippen molar-refractivity contribution < 1.29 is 27.5 Å². The van der Waals surface area contributed by atoms with Crippen LogP contribution in [0.5, 0.6) is 0 Å². The number of carbonyl (C=O) groups excluding carboxylic acids is 2. The van der Waals surface area contributed by atoms with Gasteiger partial charge >= 0.3 is 0 Å². The monoisotopic (exact) mass is 343 g/mol. The van der Waals surface area contributed by atoms with Gasteiger partial charge in [-0.1, -0.05) is 0 Å². The molecule has 0 aromatic heterocycles. The maximum absolute atomic E-state index is 12.2. The fourth-order valence-corrected chi connectivity index (χ4v) is 2.77. The van der Waals surface area contributed by atoms with E-state index >= 15 is 0 Å². The first-order valence-corrected chi connectivity index (χ1v) is 8.86. The predicted molar refractivity (Wildman–Crippen MR) is 86.2 cm³/mol. The summed E-state index contributed by atoms with van der Waals surface area (Å²) in [6.45, 7) is 1.69. The summed E-state index contributed by atoms with van der Waals surface area (Å²) >= 11 is 0. The number of benzene rings is 1. The van der Waals surface area contributed by atoms with E-state index in [1.165, 1.54) is 33.3 Å². The van der Waals surface area contributed by atoms with E-state index < -0.39 is 21.4 Å². The van der Waals surface area contributed by atoms with Gasteiger partial charge in [-0.15, -0.1) is 0 Å². The molecule has 0 saturated carbocycles. The second-order valence-electron chi connectivity index (χ2n) is 5.21. The number of sulfone groups is 1. The zero-order chi connectivity index (χ0) is 17.6. The molecule has 0 aliphatic rings. The number of carbonyl (C=O) groups is 2. The molecule has 128 valence electrons. The number of rotatable bonds is 8. The predicted octanol–water partition coefficient (Wildman–Crippen LogP) is 1.17. The maximum atomic E-state index is 12.2. The number of methoxy groups -OCH3 is 2. The molecule has 1 N–H and O–H groups in total. The van der Waals surface area contributed by atoms with Crippen molar-refractivity contribution >= 4 is 27.2 Å². The van der Waals surface area contributed by atoms with Gasteiger partial charge in [-0.25, -0.2) is 8.42 Å². The van der Waals surface area contributed by atoms with Crippen molar-refractivity contribution in [2.75, 3.05) is 31.5 Å². The molecule has 1 rings (SSSR count). The number of hydrogen-bond donors (Lipinski definition) is 1. The van der Waals surface area contributed by atoms with Gasteiger partial charge in [0.15, 0.2) is 15.6 Å². The Morgan fingerprint density at radius 3 is 1.91 bits per heavy atom. The molecule has 0 saturated heterocycles. The zero-order valence-corrected chi connectivity index (χ0v) is 14.5. The Morgan fingerprint density at radius 1 is 1.09 bits per heavy atom. The molecular formula is C15H21NO6S. The smallest absolute Gasteiger partial charge is 0.221 e. The van der Waals surface area contributed by atoms with Crippen molar-refractivity contribution in [1.82, 2.24) is 0 Å². The van der Waals surface area contributed by atoms with E-state index in [1.807, 2.05) is 0 Å². The van der Waals surface area contributed by atoms with Crippen LogP contribution in [0.3, 0.4) is 0 Å². The summed E-state index contributed by atoms with van der Waals surface area (Å²) in [7, 11) is -0.463. The molecule has 0 fully saturated rings. The van der Waals surface area contributed by atoms with Crippen LogP contribution in [0.2, 0.25) is 0 Å². The second kappa shape index (κ2) is 8.19. The van der Waals surface area contributed by atoms with Gasteiger partial charge in [-0.2, -0.15) is 0 Å². The number of amides is 1. The Bertz CT molecular complexity index is 669. The highest BCUT2D eigenvalue weighted by Crippen LogP contribution is 2.26. The van der Waals surface area contributed by atoms with Gasteiger partial charge in [-0.3, -0.25) is 9.59 Å². The number of anilines is 1. The second-order valence-corrected chi connectivity index (χ2v) is 7.35. The van der Waals surface area contributed by atoms with Gasteiger partial charge < -0.3 is 14.8 Å². The number of ether oxygens (including phenoxy) is 2. The summed E-state index contributed by atoms with van der Waals surface area (Å²) in [6, 6.07) is 3.06. The SMILES string of the molecule is COCc1cc(C(=O)CS(C)(=O)=O)cc(COC)c1NC(C)=O. The third-order valence-corrected chi connectivity index (χ3v) is 3.70. The minimum Gasteiger partial charge on any atom is -0.380 e. The molecule has 0 atom stereocenters. The molecule has 0 bridgehead atoms. The van der Waals surface area contributed by atoms with Crippen molar-refractivity contribution in [3.63, 3.8) is 0 Å². The minimum absolute atomic E-state index is 0.159. The molecule has 0 aliphatic carbocycles. The molecule has 23 heavy (non-hydrogen) atoms. The van der Waals surface area contributed by atoms with Gasteiger partial charge in [0, 0.05) is 44.1 Å². The number of ketones is 1. The lowest BCUT2D eigenvalue weighted by Crippen LogP contribution is -2.17. The van der Waals surface area contributed by atoms with Gasteiger partial charge in [0.25, 0.3) is 0 Å². The standard InChI is InChI=1S/C15H21NO6S/c1-10(17)16-15-12(7-21-2)5-11(6-13(15)8-22-3)14(18)9-23(4,19)20/h5-6H,7-9H2,1-4H3,(H,16,17). The number of hydrogen-bond acceptors (Lipinski definition) is 6. The van der Waals surface area contributed by atoms with E-state index in [0.717, 1.165) is 6.26 Å². The number of nitrogens with one attached hydrogen (secondary N) is 1. The molecule has 1 aromatic rings. The van der Waals surface area contributed by atoms with E-state index in [-0.39, 0.29) is 24.7 Å². The van der Waals surface area contributed by atoms with Gasteiger partial charge in [0.05, 0.1) is 18.9 Å².